The molecular formula is C22H17BrN2O2S. The van der Waals surface area contributed by atoms with Crippen LogP contribution in [0.3, 0.4) is 0 Å². The molecular weight excluding hydrogens is 436 g/mol. The molecule has 28 heavy (non-hydrogen) atoms. The van der Waals surface area contributed by atoms with Crippen molar-refractivity contribution < 1.29 is 9.59 Å². The number of aromatic nitrogens is 1. The third kappa shape index (κ3) is 3.84. The van der Waals surface area contributed by atoms with Crippen LogP contribution in [0.25, 0.3) is 11.8 Å². The maximum Gasteiger partial charge on any atom is 0.293 e. The number of hydrogen-bond donors (Lipinski definition) is 0. The van der Waals surface area contributed by atoms with Crippen molar-refractivity contribution in [2.75, 3.05) is 0 Å². The SMILES string of the molecule is Cc1cc(/C=C2/SC(=O)N(Cc3ccc(Br)cc3)C2=O)cn1-c1ccccc1. The molecule has 0 spiro atoms. The van der Waals surface area contributed by atoms with E-state index in [-0.39, 0.29) is 17.7 Å². The number of amides is 2. The lowest BCUT2D eigenvalue weighted by molar-refractivity contribution is -0.123. The molecule has 2 aromatic carbocycles. The van der Waals surface area contributed by atoms with Gasteiger partial charge in [-0.05, 0) is 66.2 Å². The molecule has 0 saturated carbocycles. The van der Waals surface area contributed by atoms with Crippen LogP contribution < -0.4 is 0 Å². The maximum absolute atomic E-state index is 12.8. The van der Waals surface area contributed by atoms with E-state index in [9.17, 15) is 9.59 Å². The molecule has 0 radical (unpaired) electrons. The van der Waals surface area contributed by atoms with E-state index in [1.165, 1.54) is 4.90 Å². The first-order chi connectivity index (χ1) is 13.5. The van der Waals surface area contributed by atoms with Gasteiger partial charge in [0.05, 0.1) is 11.4 Å². The Labute approximate surface area is 176 Å². The number of rotatable bonds is 4. The number of carbonyl (C=O) groups is 2. The van der Waals surface area contributed by atoms with Crippen LogP contribution in [0.1, 0.15) is 16.8 Å². The first-order valence-corrected chi connectivity index (χ1v) is 10.4. The number of para-hydroxylation sites is 1. The van der Waals surface area contributed by atoms with Crippen molar-refractivity contribution in [3.05, 3.63) is 93.1 Å². The van der Waals surface area contributed by atoms with E-state index in [0.29, 0.717) is 4.91 Å². The van der Waals surface area contributed by atoms with E-state index in [1.807, 2.05) is 73.8 Å². The van der Waals surface area contributed by atoms with E-state index < -0.39 is 0 Å². The Balaban J connectivity index is 1.57. The molecule has 0 N–H and O–H groups in total. The molecule has 4 rings (SSSR count). The van der Waals surface area contributed by atoms with Gasteiger partial charge >= 0.3 is 0 Å². The Morgan fingerprint density at radius 2 is 1.75 bits per heavy atom. The Morgan fingerprint density at radius 1 is 1.04 bits per heavy atom. The molecule has 6 heteroatoms. The van der Waals surface area contributed by atoms with Crippen LogP contribution in [0.2, 0.25) is 0 Å². The number of aryl methyl sites for hydroxylation is 1. The van der Waals surface area contributed by atoms with Crippen molar-refractivity contribution in [1.29, 1.82) is 0 Å². The van der Waals surface area contributed by atoms with Crippen molar-refractivity contribution in [3.8, 4) is 5.69 Å². The van der Waals surface area contributed by atoms with Crippen molar-refractivity contribution in [3.63, 3.8) is 0 Å². The number of benzene rings is 2. The third-order valence-corrected chi connectivity index (χ3v) is 5.93. The Kier molecular flexibility index (Phi) is 5.24. The minimum Gasteiger partial charge on any atom is -0.321 e. The molecule has 1 fully saturated rings. The number of imide groups is 1. The minimum atomic E-state index is -0.247. The molecule has 1 aromatic heterocycles. The van der Waals surface area contributed by atoms with Crippen LogP contribution in [0.15, 0.2) is 76.2 Å². The lowest BCUT2D eigenvalue weighted by Crippen LogP contribution is -2.27. The Hall–Kier alpha value is -2.57. The molecule has 3 aromatic rings. The summed E-state index contributed by atoms with van der Waals surface area (Å²) in [6.45, 7) is 2.29. The molecule has 1 aliphatic heterocycles. The standard InChI is InChI=1S/C22H17BrN2O2S/c1-15-11-17(14-24(15)19-5-3-2-4-6-19)12-20-21(26)25(22(27)28-20)13-16-7-9-18(23)10-8-16/h2-12,14H,13H2,1H3/b20-12+. The van der Waals surface area contributed by atoms with Gasteiger partial charge < -0.3 is 4.57 Å². The zero-order valence-corrected chi connectivity index (χ0v) is 17.5. The first kappa shape index (κ1) is 18.8. The van der Waals surface area contributed by atoms with E-state index >= 15 is 0 Å². The average Bonchev–Trinajstić information content (AvgIpc) is 3.18. The predicted octanol–water partition coefficient (Wildman–Crippen LogP) is 5.78. The summed E-state index contributed by atoms with van der Waals surface area (Å²) in [7, 11) is 0. The van der Waals surface area contributed by atoms with Crippen LogP contribution >= 0.6 is 27.7 Å². The van der Waals surface area contributed by atoms with Gasteiger partial charge in [0.1, 0.15) is 0 Å². The fourth-order valence-electron chi connectivity index (χ4n) is 3.10. The fourth-order valence-corrected chi connectivity index (χ4v) is 4.21. The quantitative estimate of drug-likeness (QED) is 0.470. The highest BCUT2D eigenvalue weighted by Gasteiger charge is 2.35. The second kappa shape index (κ2) is 7.81. The summed E-state index contributed by atoms with van der Waals surface area (Å²) in [5.74, 6) is -0.247. The van der Waals surface area contributed by atoms with Crippen molar-refractivity contribution in [2.24, 2.45) is 0 Å². The second-order valence-corrected chi connectivity index (χ2v) is 8.42. The largest absolute Gasteiger partial charge is 0.321 e. The minimum absolute atomic E-state index is 0.238. The summed E-state index contributed by atoms with van der Waals surface area (Å²) in [5.41, 5.74) is 3.93. The van der Waals surface area contributed by atoms with Crippen molar-refractivity contribution >= 4 is 44.9 Å². The first-order valence-electron chi connectivity index (χ1n) is 8.75. The van der Waals surface area contributed by atoms with Crippen LogP contribution in [-0.2, 0) is 11.3 Å². The molecule has 0 atom stereocenters. The summed E-state index contributed by atoms with van der Waals surface area (Å²) in [6, 6.07) is 19.6. The molecule has 2 amide bonds. The average molecular weight is 453 g/mol. The fraction of sp³-hybridized carbons (Fsp3) is 0.0909. The summed E-state index contributed by atoms with van der Waals surface area (Å²) >= 11 is 4.38. The smallest absolute Gasteiger partial charge is 0.293 e. The van der Waals surface area contributed by atoms with Crippen LogP contribution in [0.5, 0.6) is 0 Å². The van der Waals surface area contributed by atoms with Gasteiger partial charge in [-0.3, -0.25) is 14.5 Å². The van der Waals surface area contributed by atoms with Gasteiger partial charge in [0.25, 0.3) is 11.1 Å². The van der Waals surface area contributed by atoms with E-state index in [4.69, 9.17) is 0 Å². The molecule has 2 heterocycles. The number of halogens is 1. The second-order valence-electron chi connectivity index (χ2n) is 6.51. The highest BCUT2D eigenvalue weighted by Crippen LogP contribution is 2.33. The van der Waals surface area contributed by atoms with Crippen molar-refractivity contribution in [2.45, 2.75) is 13.5 Å². The monoisotopic (exact) mass is 452 g/mol. The van der Waals surface area contributed by atoms with Gasteiger partial charge in [-0.2, -0.15) is 0 Å². The zero-order valence-electron chi connectivity index (χ0n) is 15.1. The molecule has 0 aliphatic carbocycles. The summed E-state index contributed by atoms with van der Waals surface area (Å²) in [5, 5.41) is -0.238. The van der Waals surface area contributed by atoms with Gasteiger partial charge in [0, 0.05) is 22.1 Å². The number of carbonyl (C=O) groups excluding carboxylic acids is 2. The highest BCUT2D eigenvalue weighted by atomic mass is 79.9. The molecule has 140 valence electrons. The molecule has 4 nitrogen and oxygen atoms in total. The van der Waals surface area contributed by atoms with Gasteiger partial charge in [0.2, 0.25) is 0 Å². The van der Waals surface area contributed by atoms with Gasteiger partial charge in [-0.1, -0.05) is 46.3 Å². The number of hydrogen-bond acceptors (Lipinski definition) is 3. The number of nitrogens with zero attached hydrogens (tertiary/aromatic N) is 2. The maximum atomic E-state index is 12.8. The molecule has 0 bridgehead atoms. The lowest BCUT2D eigenvalue weighted by Gasteiger charge is -2.12. The third-order valence-electron chi connectivity index (χ3n) is 4.49. The van der Waals surface area contributed by atoms with Gasteiger partial charge in [0.15, 0.2) is 0 Å². The topological polar surface area (TPSA) is 42.3 Å². The van der Waals surface area contributed by atoms with Crippen LogP contribution in [0.4, 0.5) is 4.79 Å². The zero-order chi connectivity index (χ0) is 19.7. The normalized spacial score (nSPS) is 15.6. The van der Waals surface area contributed by atoms with E-state index in [1.54, 1.807) is 6.08 Å². The summed E-state index contributed by atoms with van der Waals surface area (Å²) in [6.07, 6.45) is 3.77. The van der Waals surface area contributed by atoms with Crippen molar-refractivity contribution in [1.82, 2.24) is 9.47 Å². The summed E-state index contributed by atoms with van der Waals surface area (Å²) < 4.78 is 3.03. The Morgan fingerprint density at radius 3 is 2.46 bits per heavy atom. The summed E-state index contributed by atoms with van der Waals surface area (Å²) in [4.78, 5) is 26.9. The molecule has 0 unspecified atom stereocenters. The van der Waals surface area contributed by atoms with Gasteiger partial charge in [-0.15, -0.1) is 0 Å². The van der Waals surface area contributed by atoms with Crippen LogP contribution in [-0.4, -0.2) is 20.6 Å². The van der Waals surface area contributed by atoms with E-state index in [2.05, 4.69) is 20.5 Å². The number of thioether (sulfide) groups is 1. The lowest BCUT2D eigenvalue weighted by atomic mass is 10.2. The highest BCUT2D eigenvalue weighted by molar-refractivity contribution is 9.10. The van der Waals surface area contributed by atoms with Gasteiger partial charge in [-0.25, -0.2) is 0 Å². The molecule has 1 aliphatic rings. The predicted molar refractivity (Wildman–Crippen MR) is 116 cm³/mol. The molecule has 1 saturated heterocycles. The van der Waals surface area contributed by atoms with Crippen LogP contribution in [0, 0.1) is 6.92 Å². The Bertz CT molecular complexity index is 1070. The van der Waals surface area contributed by atoms with E-state index in [0.717, 1.165) is 38.7 Å².